The van der Waals surface area contributed by atoms with Crippen molar-refractivity contribution in [3.63, 3.8) is 0 Å². The SMILES string of the molecule is CCC(C)[C@H](Nc1ccccc1)C(N)=O. The highest BCUT2D eigenvalue weighted by atomic mass is 16.1. The maximum Gasteiger partial charge on any atom is 0.240 e. The molecule has 3 heteroatoms. The topological polar surface area (TPSA) is 55.1 Å². The molecule has 0 spiro atoms. The summed E-state index contributed by atoms with van der Waals surface area (Å²) in [6, 6.07) is 9.36. The number of carbonyl (C=O) groups is 1. The molecule has 1 amide bonds. The van der Waals surface area contributed by atoms with Gasteiger partial charge in [0.1, 0.15) is 6.04 Å². The molecule has 15 heavy (non-hydrogen) atoms. The van der Waals surface area contributed by atoms with Gasteiger partial charge in [-0.05, 0) is 18.1 Å². The zero-order valence-corrected chi connectivity index (χ0v) is 9.23. The molecule has 2 atom stereocenters. The van der Waals surface area contributed by atoms with Gasteiger partial charge in [0.05, 0.1) is 0 Å². The summed E-state index contributed by atoms with van der Waals surface area (Å²) in [7, 11) is 0. The lowest BCUT2D eigenvalue weighted by Gasteiger charge is -2.22. The minimum atomic E-state index is -0.298. The summed E-state index contributed by atoms with van der Waals surface area (Å²) in [5.41, 5.74) is 6.29. The average molecular weight is 206 g/mol. The predicted octanol–water partition coefficient (Wildman–Crippen LogP) is 2.00. The van der Waals surface area contributed by atoms with E-state index in [1.165, 1.54) is 0 Å². The van der Waals surface area contributed by atoms with E-state index in [4.69, 9.17) is 5.73 Å². The summed E-state index contributed by atoms with van der Waals surface area (Å²) in [5.74, 6) is -0.0593. The minimum absolute atomic E-state index is 0.239. The van der Waals surface area contributed by atoms with Crippen LogP contribution in [0.3, 0.4) is 0 Å². The van der Waals surface area contributed by atoms with E-state index < -0.39 is 0 Å². The first-order valence-corrected chi connectivity index (χ1v) is 5.26. The van der Waals surface area contributed by atoms with E-state index in [2.05, 4.69) is 5.32 Å². The van der Waals surface area contributed by atoms with Crippen molar-refractivity contribution in [1.82, 2.24) is 0 Å². The number of carbonyl (C=O) groups excluding carboxylic acids is 1. The quantitative estimate of drug-likeness (QED) is 0.774. The third kappa shape index (κ3) is 3.27. The minimum Gasteiger partial charge on any atom is -0.373 e. The van der Waals surface area contributed by atoms with Crippen LogP contribution in [0.2, 0.25) is 0 Å². The zero-order valence-electron chi connectivity index (χ0n) is 9.23. The second kappa shape index (κ2) is 5.39. The molecule has 82 valence electrons. The average Bonchev–Trinajstić information content (AvgIpc) is 2.26. The Kier molecular flexibility index (Phi) is 4.16. The van der Waals surface area contributed by atoms with Gasteiger partial charge in [0.15, 0.2) is 0 Å². The summed E-state index contributed by atoms with van der Waals surface area (Å²) in [5, 5.41) is 3.15. The van der Waals surface area contributed by atoms with Gasteiger partial charge in [-0.1, -0.05) is 38.5 Å². The molecule has 1 aromatic carbocycles. The van der Waals surface area contributed by atoms with E-state index in [0.29, 0.717) is 0 Å². The first kappa shape index (κ1) is 11.6. The number of hydrogen-bond acceptors (Lipinski definition) is 2. The van der Waals surface area contributed by atoms with Gasteiger partial charge < -0.3 is 11.1 Å². The molecule has 0 heterocycles. The van der Waals surface area contributed by atoms with Crippen molar-refractivity contribution in [3.8, 4) is 0 Å². The van der Waals surface area contributed by atoms with Crippen LogP contribution in [0.5, 0.6) is 0 Å². The van der Waals surface area contributed by atoms with Crippen LogP contribution in [0.25, 0.3) is 0 Å². The number of rotatable bonds is 5. The molecule has 3 nitrogen and oxygen atoms in total. The van der Waals surface area contributed by atoms with Crippen molar-refractivity contribution in [2.24, 2.45) is 11.7 Å². The summed E-state index contributed by atoms with van der Waals surface area (Å²) in [6.45, 7) is 4.07. The van der Waals surface area contributed by atoms with Crippen LogP contribution in [0.15, 0.2) is 30.3 Å². The molecule has 0 aliphatic carbocycles. The summed E-state index contributed by atoms with van der Waals surface area (Å²) in [4.78, 5) is 11.3. The Morgan fingerprint density at radius 1 is 1.40 bits per heavy atom. The van der Waals surface area contributed by atoms with E-state index in [1.807, 2.05) is 44.2 Å². The molecule has 0 saturated carbocycles. The number of amides is 1. The summed E-state index contributed by atoms with van der Waals surface area (Å²) >= 11 is 0. The fourth-order valence-corrected chi connectivity index (χ4v) is 1.44. The number of primary amides is 1. The van der Waals surface area contributed by atoms with Gasteiger partial charge in [0.25, 0.3) is 0 Å². The van der Waals surface area contributed by atoms with Crippen molar-refractivity contribution in [1.29, 1.82) is 0 Å². The first-order chi connectivity index (χ1) is 7.15. The number of nitrogens with two attached hydrogens (primary N) is 1. The molecular formula is C12H18N2O. The van der Waals surface area contributed by atoms with Crippen molar-refractivity contribution < 1.29 is 4.79 Å². The number of para-hydroxylation sites is 1. The molecular weight excluding hydrogens is 188 g/mol. The lowest BCUT2D eigenvalue weighted by atomic mass is 9.98. The second-order valence-electron chi connectivity index (χ2n) is 3.78. The Hall–Kier alpha value is -1.51. The van der Waals surface area contributed by atoms with E-state index in [-0.39, 0.29) is 17.9 Å². The maximum absolute atomic E-state index is 11.3. The number of anilines is 1. The van der Waals surface area contributed by atoms with Crippen LogP contribution in [0, 0.1) is 5.92 Å². The van der Waals surface area contributed by atoms with Gasteiger partial charge in [-0.15, -0.1) is 0 Å². The van der Waals surface area contributed by atoms with E-state index in [0.717, 1.165) is 12.1 Å². The van der Waals surface area contributed by atoms with Crippen molar-refractivity contribution >= 4 is 11.6 Å². The van der Waals surface area contributed by atoms with Gasteiger partial charge in [-0.2, -0.15) is 0 Å². The van der Waals surface area contributed by atoms with Crippen LogP contribution in [0.4, 0.5) is 5.69 Å². The molecule has 0 fully saturated rings. The smallest absolute Gasteiger partial charge is 0.240 e. The molecule has 3 N–H and O–H groups in total. The van der Waals surface area contributed by atoms with Crippen LogP contribution in [-0.2, 0) is 4.79 Å². The fraction of sp³-hybridized carbons (Fsp3) is 0.417. The Balaban J connectivity index is 2.71. The Bertz CT molecular complexity index is 311. The maximum atomic E-state index is 11.3. The van der Waals surface area contributed by atoms with Crippen molar-refractivity contribution in [2.45, 2.75) is 26.3 Å². The zero-order chi connectivity index (χ0) is 11.3. The molecule has 0 aliphatic heterocycles. The lowest BCUT2D eigenvalue weighted by Crippen LogP contribution is -2.40. The monoisotopic (exact) mass is 206 g/mol. The van der Waals surface area contributed by atoms with Crippen LogP contribution in [-0.4, -0.2) is 11.9 Å². The Morgan fingerprint density at radius 3 is 2.47 bits per heavy atom. The van der Waals surface area contributed by atoms with Gasteiger partial charge >= 0.3 is 0 Å². The van der Waals surface area contributed by atoms with Crippen molar-refractivity contribution in [3.05, 3.63) is 30.3 Å². The third-order valence-electron chi connectivity index (χ3n) is 2.62. The first-order valence-electron chi connectivity index (χ1n) is 5.26. The van der Waals surface area contributed by atoms with Gasteiger partial charge in [-0.3, -0.25) is 4.79 Å². The number of benzene rings is 1. The number of hydrogen-bond donors (Lipinski definition) is 2. The molecule has 1 rings (SSSR count). The molecule has 0 bridgehead atoms. The molecule has 0 aliphatic rings. The highest BCUT2D eigenvalue weighted by Crippen LogP contribution is 2.14. The number of nitrogens with one attached hydrogen (secondary N) is 1. The predicted molar refractivity (Wildman–Crippen MR) is 62.5 cm³/mol. The van der Waals surface area contributed by atoms with Gasteiger partial charge in [0.2, 0.25) is 5.91 Å². The largest absolute Gasteiger partial charge is 0.373 e. The summed E-state index contributed by atoms with van der Waals surface area (Å²) in [6.07, 6.45) is 0.924. The van der Waals surface area contributed by atoms with E-state index >= 15 is 0 Å². The normalized spacial score (nSPS) is 14.3. The second-order valence-corrected chi connectivity index (χ2v) is 3.78. The van der Waals surface area contributed by atoms with Gasteiger partial charge in [-0.25, -0.2) is 0 Å². The Morgan fingerprint density at radius 2 is 2.00 bits per heavy atom. The highest BCUT2D eigenvalue weighted by molar-refractivity contribution is 5.83. The molecule has 1 unspecified atom stereocenters. The van der Waals surface area contributed by atoms with E-state index in [9.17, 15) is 4.79 Å². The van der Waals surface area contributed by atoms with Crippen molar-refractivity contribution in [2.75, 3.05) is 5.32 Å². The highest BCUT2D eigenvalue weighted by Gasteiger charge is 2.20. The molecule has 1 aromatic rings. The van der Waals surface area contributed by atoms with Crippen LogP contribution in [0.1, 0.15) is 20.3 Å². The Labute approximate surface area is 90.7 Å². The molecule has 0 radical (unpaired) electrons. The fourth-order valence-electron chi connectivity index (χ4n) is 1.44. The van der Waals surface area contributed by atoms with Crippen LogP contribution >= 0.6 is 0 Å². The van der Waals surface area contributed by atoms with E-state index in [1.54, 1.807) is 0 Å². The third-order valence-corrected chi connectivity index (χ3v) is 2.62. The molecule has 0 saturated heterocycles. The van der Waals surface area contributed by atoms with Gasteiger partial charge in [0, 0.05) is 5.69 Å². The summed E-state index contributed by atoms with van der Waals surface area (Å²) < 4.78 is 0. The standard InChI is InChI=1S/C12H18N2O/c1-3-9(2)11(12(13)15)14-10-7-5-4-6-8-10/h4-9,11,14H,3H2,1-2H3,(H2,13,15)/t9?,11-/m0/s1. The molecule has 0 aromatic heterocycles. The van der Waals surface area contributed by atoms with Crippen LogP contribution < -0.4 is 11.1 Å². The lowest BCUT2D eigenvalue weighted by molar-refractivity contribution is -0.119.